The van der Waals surface area contributed by atoms with Crippen molar-refractivity contribution in [2.75, 3.05) is 13.6 Å². The Kier molecular flexibility index (Phi) is 6.51. The average Bonchev–Trinajstić information content (AvgIpc) is 2.70. The standard InChI is InChI=1S/C16H30N2S/c1-13(2)9-10-18(6)12-15-8-7-14(19-15)11-17-16(3,4)5/h7-8,13,17H,9-12H2,1-6H3. The molecule has 0 saturated heterocycles. The number of nitrogens with zero attached hydrogens (tertiary/aromatic N) is 1. The predicted octanol–water partition coefficient (Wildman–Crippen LogP) is 4.11. The van der Waals surface area contributed by atoms with E-state index in [2.05, 4.69) is 64.0 Å². The van der Waals surface area contributed by atoms with Crippen molar-refractivity contribution in [3.05, 3.63) is 21.9 Å². The van der Waals surface area contributed by atoms with E-state index < -0.39 is 0 Å². The molecule has 0 atom stereocenters. The second-order valence-corrected chi connectivity index (χ2v) is 8.14. The van der Waals surface area contributed by atoms with E-state index in [1.807, 2.05) is 11.3 Å². The second kappa shape index (κ2) is 7.41. The summed E-state index contributed by atoms with van der Waals surface area (Å²) in [5.74, 6) is 0.789. The van der Waals surface area contributed by atoms with Gasteiger partial charge in [0.05, 0.1) is 0 Å². The summed E-state index contributed by atoms with van der Waals surface area (Å²) in [6.45, 7) is 14.4. The second-order valence-electron chi connectivity index (χ2n) is 6.89. The van der Waals surface area contributed by atoms with E-state index in [1.165, 1.54) is 22.7 Å². The van der Waals surface area contributed by atoms with Crippen LogP contribution >= 0.6 is 11.3 Å². The van der Waals surface area contributed by atoms with E-state index in [1.54, 1.807) is 0 Å². The maximum absolute atomic E-state index is 3.54. The van der Waals surface area contributed by atoms with Gasteiger partial charge in [-0.25, -0.2) is 0 Å². The summed E-state index contributed by atoms with van der Waals surface area (Å²) >= 11 is 1.93. The van der Waals surface area contributed by atoms with Gasteiger partial charge in [-0.2, -0.15) is 0 Å². The van der Waals surface area contributed by atoms with Gasteiger partial charge in [0.2, 0.25) is 0 Å². The van der Waals surface area contributed by atoms with Crippen LogP contribution < -0.4 is 5.32 Å². The van der Waals surface area contributed by atoms with E-state index in [0.29, 0.717) is 0 Å². The Morgan fingerprint density at radius 1 is 1.21 bits per heavy atom. The SMILES string of the molecule is CC(C)CCN(C)Cc1ccc(CNC(C)(C)C)s1. The molecule has 19 heavy (non-hydrogen) atoms. The molecule has 1 heterocycles. The molecule has 1 N–H and O–H groups in total. The molecule has 1 aromatic rings. The number of thiophene rings is 1. The number of rotatable bonds is 7. The molecule has 0 fully saturated rings. The highest BCUT2D eigenvalue weighted by Crippen LogP contribution is 2.19. The summed E-state index contributed by atoms with van der Waals surface area (Å²) in [5.41, 5.74) is 0.193. The quantitative estimate of drug-likeness (QED) is 0.809. The Labute approximate surface area is 123 Å². The molecule has 0 amide bonds. The summed E-state index contributed by atoms with van der Waals surface area (Å²) in [5, 5.41) is 3.54. The Balaban J connectivity index is 2.38. The van der Waals surface area contributed by atoms with Crippen molar-refractivity contribution in [3.63, 3.8) is 0 Å². The highest BCUT2D eigenvalue weighted by atomic mass is 32.1. The lowest BCUT2D eigenvalue weighted by Gasteiger charge is -2.19. The zero-order valence-electron chi connectivity index (χ0n) is 13.4. The van der Waals surface area contributed by atoms with Crippen molar-refractivity contribution in [1.82, 2.24) is 10.2 Å². The van der Waals surface area contributed by atoms with Crippen molar-refractivity contribution in [3.8, 4) is 0 Å². The fraction of sp³-hybridized carbons (Fsp3) is 0.750. The lowest BCUT2D eigenvalue weighted by atomic mass is 10.1. The third-order valence-electron chi connectivity index (χ3n) is 3.02. The van der Waals surface area contributed by atoms with Crippen molar-refractivity contribution in [2.24, 2.45) is 5.92 Å². The Bertz CT molecular complexity index is 363. The lowest BCUT2D eigenvalue weighted by Crippen LogP contribution is -2.34. The zero-order valence-corrected chi connectivity index (χ0v) is 14.2. The topological polar surface area (TPSA) is 15.3 Å². The van der Waals surface area contributed by atoms with Gasteiger partial charge < -0.3 is 10.2 Å². The van der Waals surface area contributed by atoms with Gasteiger partial charge in [0, 0.05) is 28.4 Å². The third kappa shape index (κ3) is 7.71. The maximum Gasteiger partial charge on any atom is 0.0324 e. The van der Waals surface area contributed by atoms with E-state index in [0.717, 1.165) is 19.0 Å². The molecule has 0 aliphatic heterocycles. The monoisotopic (exact) mass is 282 g/mol. The first-order valence-corrected chi connectivity index (χ1v) is 8.09. The molecule has 2 nitrogen and oxygen atoms in total. The summed E-state index contributed by atoms with van der Waals surface area (Å²) in [6, 6.07) is 4.53. The molecule has 0 aromatic carbocycles. The first-order chi connectivity index (χ1) is 8.76. The van der Waals surface area contributed by atoms with Crippen LogP contribution in [0.1, 0.15) is 50.8 Å². The first-order valence-electron chi connectivity index (χ1n) is 7.27. The molecule has 1 rings (SSSR count). The van der Waals surface area contributed by atoms with Gasteiger partial charge in [-0.15, -0.1) is 11.3 Å². The van der Waals surface area contributed by atoms with Crippen molar-refractivity contribution in [2.45, 2.75) is 59.7 Å². The molecule has 0 unspecified atom stereocenters. The van der Waals surface area contributed by atoms with Crippen LogP contribution in [0.5, 0.6) is 0 Å². The van der Waals surface area contributed by atoms with Crippen LogP contribution in [0.25, 0.3) is 0 Å². The average molecular weight is 282 g/mol. The van der Waals surface area contributed by atoms with Gasteiger partial charge in [-0.1, -0.05) is 13.8 Å². The van der Waals surface area contributed by atoms with E-state index in [-0.39, 0.29) is 5.54 Å². The molecule has 0 spiro atoms. The van der Waals surface area contributed by atoms with Crippen LogP contribution in [0, 0.1) is 5.92 Å². The van der Waals surface area contributed by atoms with Crippen LogP contribution in [-0.4, -0.2) is 24.0 Å². The summed E-state index contributed by atoms with van der Waals surface area (Å²) < 4.78 is 0. The minimum atomic E-state index is 0.193. The number of hydrogen-bond acceptors (Lipinski definition) is 3. The Morgan fingerprint density at radius 2 is 1.84 bits per heavy atom. The highest BCUT2D eigenvalue weighted by molar-refractivity contribution is 7.11. The minimum absolute atomic E-state index is 0.193. The molecule has 0 radical (unpaired) electrons. The Hall–Kier alpha value is -0.380. The predicted molar refractivity (Wildman–Crippen MR) is 86.7 cm³/mol. The van der Waals surface area contributed by atoms with Gasteiger partial charge in [-0.05, 0) is 58.8 Å². The van der Waals surface area contributed by atoms with Crippen LogP contribution in [0.15, 0.2) is 12.1 Å². The summed E-state index contributed by atoms with van der Waals surface area (Å²) in [7, 11) is 2.22. The molecule has 0 saturated carbocycles. The van der Waals surface area contributed by atoms with E-state index >= 15 is 0 Å². The lowest BCUT2D eigenvalue weighted by molar-refractivity contribution is 0.306. The molecular weight excluding hydrogens is 252 g/mol. The molecular formula is C16H30N2S. The van der Waals surface area contributed by atoms with Crippen LogP contribution in [-0.2, 0) is 13.1 Å². The molecule has 1 aromatic heterocycles. The van der Waals surface area contributed by atoms with E-state index in [9.17, 15) is 0 Å². The van der Waals surface area contributed by atoms with Crippen molar-refractivity contribution in [1.29, 1.82) is 0 Å². The largest absolute Gasteiger partial charge is 0.307 e. The minimum Gasteiger partial charge on any atom is -0.307 e. The van der Waals surface area contributed by atoms with Crippen molar-refractivity contribution < 1.29 is 0 Å². The summed E-state index contributed by atoms with van der Waals surface area (Å²) in [4.78, 5) is 5.33. The fourth-order valence-electron chi connectivity index (χ4n) is 1.78. The third-order valence-corrected chi connectivity index (χ3v) is 4.09. The van der Waals surface area contributed by atoms with E-state index in [4.69, 9.17) is 0 Å². The van der Waals surface area contributed by atoms with Crippen LogP contribution in [0.2, 0.25) is 0 Å². The zero-order chi connectivity index (χ0) is 14.5. The van der Waals surface area contributed by atoms with Gasteiger partial charge >= 0.3 is 0 Å². The molecule has 0 bridgehead atoms. The fourth-order valence-corrected chi connectivity index (χ4v) is 2.82. The Morgan fingerprint density at radius 3 is 2.42 bits per heavy atom. The van der Waals surface area contributed by atoms with Gasteiger partial charge in [0.1, 0.15) is 0 Å². The number of nitrogens with one attached hydrogen (secondary N) is 1. The van der Waals surface area contributed by atoms with Gasteiger partial charge in [0.25, 0.3) is 0 Å². The number of hydrogen-bond donors (Lipinski definition) is 1. The van der Waals surface area contributed by atoms with Gasteiger partial charge in [0.15, 0.2) is 0 Å². The van der Waals surface area contributed by atoms with Crippen LogP contribution in [0.3, 0.4) is 0 Å². The summed E-state index contributed by atoms with van der Waals surface area (Å²) in [6.07, 6.45) is 1.28. The van der Waals surface area contributed by atoms with Gasteiger partial charge in [-0.3, -0.25) is 0 Å². The smallest absolute Gasteiger partial charge is 0.0324 e. The molecule has 0 aliphatic carbocycles. The molecule has 3 heteroatoms. The highest BCUT2D eigenvalue weighted by Gasteiger charge is 2.10. The molecule has 0 aliphatic rings. The van der Waals surface area contributed by atoms with Crippen molar-refractivity contribution >= 4 is 11.3 Å². The van der Waals surface area contributed by atoms with Crippen LogP contribution in [0.4, 0.5) is 0 Å². The normalized spacial score (nSPS) is 12.6. The molecule has 110 valence electrons. The first kappa shape index (κ1) is 16.7. The maximum atomic E-state index is 3.54.